The second kappa shape index (κ2) is 9.34. The highest BCUT2D eigenvalue weighted by molar-refractivity contribution is 7.93. The van der Waals surface area contributed by atoms with Crippen LogP contribution in [0, 0.1) is 0 Å². The Balaban J connectivity index is 1.35. The van der Waals surface area contributed by atoms with Crippen LogP contribution in [0.2, 0.25) is 0 Å². The fraction of sp³-hybridized carbons (Fsp3) is 0.269. The van der Waals surface area contributed by atoms with E-state index in [1.165, 1.54) is 45.0 Å². The second-order valence-corrected chi connectivity index (χ2v) is 12.9. The second-order valence-electron chi connectivity index (χ2n) is 9.10. The summed E-state index contributed by atoms with van der Waals surface area (Å²) in [5.41, 5.74) is 2.22. The number of nitrogens with one attached hydrogen (secondary N) is 1. The zero-order valence-electron chi connectivity index (χ0n) is 19.8. The monoisotopic (exact) mass is 525 g/mol. The van der Waals surface area contributed by atoms with Crippen LogP contribution in [-0.2, 0) is 26.5 Å². The number of sulfonamides is 2. The summed E-state index contributed by atoms with van der Waals surface area (Å²) in [7, 11) is -7.42. The third-order valence-corrected chi connectivity index (χ3v) is 10.4. The summed E-state index contributed by atoms with van der Waals surface area (Å²) in [6, 6.07) is 19.1. The predicted octanol–water partition coefficient (Wildman–Crippen LogP) is 3.86. The van der Waals surface area contributed by atoms with Crippen LogP contribution < -0.4 is 9.62 Å². The van der Waals surface area contributed by atoms with E-state index < -0.39 is 26.0 Å². The molecule has 2 aliphatic rings. The fourth-order valence-electron chi connectivity index (χ4n) is 4.81. The van der Waals surface area contributed by atoms with Crippen molar-refractivity contribution < 1.29 is 21.6 Å². The van der Waals surface area contributed by atoms with Crippen LogP contribution in [-0.4, -0.2) is 46.2 Å². The fourth-order valence-corrected chi connectivity index (χ4v) is 8.06. The van der Waals surface area contributed by atoms with Crippen LogP contribution in [0.3, 0.4) is 0 Å². The smallest absolute Gasteiger partial charge is 0.264 e. The van der Waals surface area contributed by atoms with Crippen LogP contribution in [0.15, 0.2) is 82.6 Å². The van der Waals surface area contributed by atoms with E-state index in [1.54, 1.807) is 18.2 Å². The third kappa shape index (κ3) is 4.40. The van der Waals surface area contributed by atoms with Gasteiger partial charge in [-0.25, -0.2) is 16.8 Å². The normalized spacial score (nSPS) is 18.2. The molecule has 0 aliphatic carbocycles. The van der Waals surface area contributed by atoms with Gasteiger partial charge in [-0.15, -0.1) is 0 Å². The lowest BCUT2D eigenvalue weighted by Gasteiger charge is -2.24. The molecule has 1 atom stereocenters. The van der Waals surface area contributed by atoms with Crippen molar-refractivity contribution >= 4 is 37.3 Å². The Labute approximate surface area is 211 Å². The van der Waals surface area contributed by atoms with Gasteiger partial charge in [-0.05, 0) is 80.3 Å². The molecule has 5 rings (SSSR count). The molecule has 0 aromatic heterocycles. The van der Waals surface area contributed by atoms with Gasteiger partial charge in [0.15, 0.2) is 0 Å². The van der Waals surface area contributed by atoms with Crippen molar-refractivity contribution in [2.75, 3.05) is 22.7 Å². The number of carbonyl (C=O) groups is 1. The average molecular weight is 526 g/mol. The first-order valence-corrected chi connectivity index (χ1v) is 14.7. The largest absolute Gasteiger partial charge is 0.322 e. The highest BCUT2D eigenvalue weighted by atomic mass is 32.2. The van der Waals surface area contributed by atoms with Crippen LogP contribution in [0.4, 0.5) is 11.4 Å². The lowest BCUT2D eigenvalue weighted by Crippen LogP contribution is -2.35. The van der Waals surface area contributed by atoms with Crippen molar-refractivity contribution in [1.29, 1.82) is 0 Å². The van der Waals surface area contributed by atoms with Crippen LogP contribution in [0.25, 0.3) is 0 Å². The quantitative estimate of drug-likeness (QED) is 0.526. The number of benzene rings is 3. The number of amides is 1. The standard InChI is InChI=1S/C26H27N3O5S2/c1-19-17-20-7-2-3-10-25(20)29(19)36(33,34)24-9-6-8-21(18-24)26(30)27-22-11-13-23(14-12-22)35(31,32)28-15-4-5-16-28/h2-3,6-14,18-19H,4-5,15-17H2,1H3,(H,27,30). The third-order valence-electron chi connectivity index (χ3n) is 6.61. The lowest BCUT2D eigenvalue weighted by atomic mass is 10.1. The minimum Gasteiger partial charge on any atom is -0.322 e. The molecule has 3 aromatic rings. The first kappa shape index (κ1) is 24.5. The van der Waals surface area contributed by atoms with E-state index in [1.807, 2.05) is 25.1 Å². The molecule has 3 aromatic carbocycles. The van der Waals surface area contributed by atoms with Gasteiger partial charge in [0.25, 0.3) is 15.9 Å². The Kier molecular flexibility index (Phi) is 6.36. The van der Waals surface area contributed by atoms with Gasteiger partial charge in [0.1, 0.15) is 0 Å². The van der Waals surface area contributed by atoms with Crippen molar-refractivity contribution in [3.05, 3.63) is 83.9 Å². The number of para-hydroxylation sites is 1. The molecule has 1 N–H and O–H groups in total. The molecule has 2 heterocycles. The molecule has 1 saturated heterocycles. The zero-order chi connectivity index (χ0) is 25.5. The molecule has 36 heavy (non-hydrogen) atoms. The van der Waals surface area contributed by atoms with Gasteiger partial charge in [0.05, 0.1) is 15.5 Å². The molecule has 10 heteroatoms. The summed E-state index contributed by atoms with van der Waals surface area (Å²) >= 11 is 0. The van der Waals surface area contributed by atoms with Crippen LogP contribution in [0.5, 0.6) is 0 Å². The van der Waals surface area contributed by atoms with Crippen molar-refractivity contribution in [3.8, 4) is 0 Å². The van der Waals surface area contributed by atoms with Crippen molar-refractivity contribution in [2.24, 2.45) is 0 Å². The topological polar surface area (TPSA) is 104 Å². The molecule has 0 bridgehead atoms. The first-order valence-electron chi connectivity index (χ1n) is 11.8. The predicted molar refractivity (Wildman–Crippen MR) is 138 cm³/mol. The Hall–Kier alpha value is -3.21. The number of nitrogens with zero attached hydrogens (tertiary/aromatic N) is 2. The number of carbonyl (C=O) groups excluding carboxylic acids is 1. The van der Waals surface area contributed by atoms with Crippen LogP contribution >= 0.6 is 0 Å². The number of hydrogen-bond donors (Lipinski definition) is 1. The number of fused-ring (bicyclic) bond motifs is 1. The highest BCUT2D eigenvalue weighted by Gasteiger charge is 2.36. The van der Waals surface area contributed by atoms with Crippen molar-refractivity contribution in [3.63, 3.8) is 0 Å². The highest BCUT2D eigenvalue weighted by Crippen LogP contribution is 2.36. The Morgan fingerprint density at radius 3 is 2.25 bits per heavy atom. The van der Waals surface area contributed by atoms with Gasteiger partial charge in [0.2, 0.25) is 10.0 Å². The molecule has 188 valence electrons. The van der Waals surface area contributed by atoms with Gasteiger partial charge < -0.3 is 5.32 Å². The molecule has 0 radical (unpaired) electrons. The first-order chi connectivity index (χ1) is 17.2. The van der Waals surface area contributed by atoms with Gasteiger partial charge in [0, 0.05) is 30.4 Å². The van der Waals surface area contributed by atoms with Gasteiger partial charge in [-0.3, -0.25) is 9.10 Å². The van der Waals surface area contributed by atoms with E-state index in [0.717, 1.165) is 18.4 Å². The summed E-state index contributed by atoms with van der Waals surface area (Å²) in [4.78, 5) is 13.1. The Morgan fingerprint density at radius 1 is 0.833 bits per heavy atom. The average Bonchev–Trinajstić information content (AvgIpc) is 3.52. The molecule has 0 saturated carbocycles. The molecule has 2 aliphatic heterocycles. The summed E-state index contributed by atoms with van der Waals surface area (Å²) in [5, 5.41) is 2.72. The minimum atomic E-state index is -3.88. The summed E-state index contributed by atoms with van der Waals surface area (Å²) in [6.07, 6.45) is 2.33. The van der Waals surface area contributed by atoms with E-state index >= 15 is 0 Å². The number of rotatable bonds is 6. The van der Waals surface area contributed by atoms with E-state index in [-0.39, 0.29) is 21.4 Å². The van der Waals surface area contributed by atoms with E-state index in [4.69, 9.17) is 0 Å². The minimum absolute atomic E-state index is 0.0331. The van der Waals surface area contributed by atoms with E-state index in [2.05, 4.69) is 5.32 Å². The van der Waals surface area contributed by atoms with E-state index in [9.17, 15) is 21.6 Å². The maximum absolute atomic E-state index is 13.5. The maximum atomic E-state index is 13.5. The van der Waals surface area contributed by atoms with Gasteiger partial charge in [-0.1, -0.05) is 24.3 Å². The molecule has 1 unspecified atom stereocenters. The van der Waals surface area contributed by atoms with Crippen molar-refractivity contribution in [1.82, 2.24) is 4.31 Å². The summed E-state index contributed by atoms with van der Waals surface area (Å²) in [6.45, 7) is 2.89. The molecule has 1 fully saturated rings. The Morgan fingerprint density at radius 2 is 1.53 bits per heavy atom. The SMILES string of the molecule is CC1Cc2ccccc2N1S(=O)(=O)c1cccc(C(=O)Nc2ccc(S(=O)(=O)N3CCCC3)cc2)c1. The van der Waals surface area contributed by atoms with Crippen molar-refractivity contribution in [2.45, 2.75) is 42.0 Å². The Bertz CT molecular complexity index is 1510. The summed E-state index contributed by atoms with van der Waals surface area (Å²) < 4.78 is 55.3. The lowest BCUT2D eigenvalue weighted by molar-refractivity contribution is 0.102. The van der Waals surface area contributed by atoms with Gasteiger partial charge in [-0.2, -0.15) is 4.31 Å². The maximum Gasteiger partial charge on any atom is 0.264 e. The van der Waals surface area contributed by atoms with Gasteiger partial charge >= 0.3 is 0 Å². The number of hydrogen-bond acceptors (Lipinski definition) is 5. The molecule has 0 spiro atoms. The number of anilines is 2. The molecule has 1 amide bonds. The van der Waals surface area contributed by atoms with Crippen LogP contribution in [0.1, 0.15) is 35.7 Å². The molecule has 8 nitrogen and oxygen atoms in total. The summed E-state index contributed by atoms with van der Waals surface area (Å²) in [5.74, 6) is -0.489. The van der Waals surface area contributed by atoms with E-state index in [0.29, 0.717) is 30.9 Å². The molecular formula is C26H27N3O5S2. The zero-order valence-corrected chi connectivity index (χ0v) is 21.4. The molecular weight excluding hydrogens is 498 g/mol.